The Morgan fingerprint density at radius 2 is 1.84 bits per heavy atom. The van der Waals surface area contributed by atoms with E-state index in [4.69, 9.17) is 9.84 Å². The van der Waals surface area contributed by atoms with E-state index in [1.807, 2.05) is 26.0 Å². The Morgan fingerprint density at radius 3 is 2.32 bits per heavy atom. The molecule has 6 heteroatoms. The molecule has 0 aliphatic heterocycles. The number of rotatable bonds is 3. The Labute approximate surface area is 110 Å². The van der Waals surface area contributed by atoms with Crippen molar-refractivity contribution in [1.82, 2.24) is 15.0 Å². The van der Waals surface area contributed by atoms with Crippen LogP contribution in [0.1, 0.15) is 21.6 Å². The molecule has 100 valence electrons. The van der Waals surface area contributed by atoms with E-state index < -0.39 is 5.97 Å². The highest BCUT2D eigenvalue weighted by Gasteiger charge is 2.19. The van der Waals surface area contributed by atoms with Gasteiger partial charge in [0.05, 0.1) is 7.11 Å². The lowest BCUT2D eigenvalue weighted by molar-refractivity contribution is 0.0690. The molecule has 1 heterocycles. The minimum atomic E-state index is -1.09. The summed E-state index contributed by atoms with van der Waals surface area (Å²) < 4.78 is 5.29. The summed E-state index contributed by atoms with van der Waals surface area (Å²) in [4.78, 5) is 12.4. The zero-order chi connectivity index (χ0) is 14.2. The molecule has 0 unspecified atom stereocenters. The SMILES string of the molecule is COc1c(C)cc(-c2nn(C)nc2C(=O)O)cc1C. The number of carboxylic acid groups (broad SMARTS) is 1. The second-order valence-corrected chi connectivity index (χ2v) is 4.34. The van der Waals surface area contributed by atoms with E-state index in [0.717, 1.165) is 22.4 Å². The van der Waals surface area contributed by atoms with E-state index in [2.05, 4.69) is 10.2 Å². The maximum absolute atomic E-state index is 11.2. The van der Waals surface area contributed by atoms with Crippen molar-refractivity contribution < 1.29 is 14.6 Å². The molecule has 0 saturated carbocycles. The van der Waals surface area contributed by atoms with E-state index in [-0.39, 0.29) is 5.69 Å². The number of carbonyl (C=O) groups is 1. The van der Waals surface area contributed by atoms with Crippen molar-refractivity contribution in [2.75, 3.05) is 7.11 Å². The molecule has 2 rings (SSSR count). The molecule has 0 aliphatic carbocycles. The Hall–Kier alpha value is -2.37. The van der Waals surface area contributed by atoms with Crippen molar-refractivity contribution in [3.63, 3.8) is 0 Å². The van der Waals surface area contributed by atoms with Gasteiger partial charge in [-0.15, -0.1) is 5.10 Å². The van der Waals surface area contributed by atoms with Gasteiger partial charge in [0.25, 0.3) is 0 Å². The van der Waals surface area contributed by atoms with Gasteiger partial charge in [-0.1, -0.05) is 0 Å². The molecule has 0 bridgehead atoms. The molecule has 0 atom stereocenters. The molecule has 0 amide bonds. The van der Waals surface area contributed by atoms with Crippen molar-refractivity contribution >= 4 is 5.97 Å². The van der Waals surface area contributed by atoms with Gasteiger partial charge in [0.15, 0.2) is 5.69 Å². The van der Waals surface area contributed by atoms with Crippen molar-refractivity contribution in [1.29, 1.82) is 0 Å². The average molecular weight is 261 g/mol. The maximum atomic E-state index is 11.2. The monoisotopic (exact) mass is 261 g/mol. The van der Waals surface area contributed by atoms with E-state index in [0.29, 0.717) is 5.69 Å². The largest absolute Gasteiger partial charge is 0.496 e. The number of hydrogen-bond acceptors (Lipinski definition) is 4. The number of methoxy groups -OCH3 is 1. The fourth-order valence-corrected chi connectivity index (χ4v) is 2.15. The number of aromatic nitrogens is 3. The molecule has 1 N–H and O–H groups in total. The van der Waals surface area contributed by atoms with Crippen LogP contribution in [0.15, 0.2) is 12.1 Å². The van der Waals surface area contributed by atoms with E-state index in [9.17, 15) is 4.79 Å². The smallest absolute Gasteiger partial charge is 0.358 e. The van der Waals surface area contributed by atoms with Crippen LogP contribution in [-0.4, -0.2) is 33.2 Å². The highest BCUT2D eigenvalue weighted by atomic mass is 16.5. The molecule has 0 radical (unpaired) electrons. The average Bonchev–Trinajstić information content (AvgIpc) is 2.71. The van der Waals surface area contributed by atoms with Crippen molar-refractivity contribution in [2.24, 2.45) is 7.05 Å². The summed E-state index contributed by atoms with van der Waals surface area (Å²) in [5.74, 6) is -0.293. The predicted molar refractivity (Wildman–Crippen MR) is 69.4 cm³/mol. The van der Waals surface area contributed by atoms with Gasteiger partial charge in [-0.25, -0.2) is 4.79 Å². The Balaban J connectivity index is 2.63. The molecule has 1 aromatic carbocycles. The van der Waals surface area contributed by atoms with Crippen LogP contribution in [-0.2, 0) is 7.05 Å². The van der Waals surface area contributed by atoms with Crippen LogP contribution in [0, 0.1) is 13.8 Å². The number of nitrogens with zero attached hydrogens (tertiary/aromatic N) is 3. The molecular formula is C13H15N3O3. The van der Waals surface area contributed by atoms with Gasteiger partial charge in [-0.05, 0) is 37.1 Å². The molecular weight excluding hydrogens is 246 g/mol. The van der Waals surface area contributed by atoms with Crippen LogP contribution in [0.2, 0.25) is 0 Å². The standard InChI is InChI=1S/C13H15N3O3/c1-7-5-9(6-8(2)12(7)19-4)10-11(13(17)18)15-16(3)14-10/h5-6H,1-4H3,(H,17,18). The third kappa shape index (κ3) is 2.29. The first-order chi connectivity index (χ1) is 8.93. The quantitative estimate of drug-likeness (QED) is 0.911. The molecule has 6 nitrogen and oxygen atoms in total. The number of carboxylic acids is 1. The third-order valence-electron chi connectivity index (χ3n) is 2.85. The van der Waals surface area contributed by atoms with E-state index in [1.54, 1.807) is 14.2 Å². The first kappa shape index (κ1) is 13.1. The zero-order valence-electron chi connectivity index (χ0n) is 11.3. The number of benzene rings is 1. The topological polar surface area (TPSA) is 77.2 Å². The number of ether oxygens (including phenoxy) is 1. The van der Waals surface area contributed by atoms with E-state index >= 15 is 0 Å². The summed E-state index contributed by atoms with van der Waals surface area (Å²) in [7, 11) is 3.21. The summed E-state index contributed by atoms with van der Waals surface area (Å²) in [5.41, 5.74) is 2.90. The van der Waals surface area contributed by atoms with Crippen LogP contribution in [0.5, 0.6) is 5.75 Å². The third-order valence-corrected chi connectivity index (χ3v) is 2.85. The molecule has 1 aromatic heterocycles. The van der Waals surface area contributed by atoms with Crippen molar-refractivity contribution in [3.8, 4) is 17.0 Å². The Morgan fingerprint density at radius 1 is 1.26 bits per heavy atom. The lowest BCUT2D eigenvalue weighted by atomic mass is 10.0. The normalized spacial score (nSPS) is 10.5. The minimum Gasteiger partial charge on any atom is -0.496 e. The summed E-state index contributed by atoms with van der Waals surface area (Å²) in [6, 6.07) is 3.70. The second kappa shape index (κ2) is 4.72. The summed E-state index contributed by atoms with van der Waals surface area (Å²) >= 11 is 0. The molecule has 2 aromatic rings. The first-order valence-corrected chi connectivity index (χ1v) is 5.74. The molecule has 19 heavy (non-hydrogen) atoms. The number of hydrogen-bond donors (Lipinski definition) is 1. The van der Waals surface area contributed by atoms with Gasteiger partial charge in [0, 0.05) is 12.6 Å². The second-order valence-electron chi connectivity index (χ2n) is 4.34. The van der Waals surface area contributed by atoms with Gasteiger partial charge in [-0.2, -0.15) is 9.90 Å². The van der Waals surface area contributed by atoms with Crippen LogP contribution in [0.4, 0.5) is 0 Å². The fourth-order valence-electron chi connectivity index (χ4n) is 2.15. The molecule has 0 spiro atoms. The first-order valence-electron chi connectivity index (χ1n) is 5.74. The molecule has 0 fully saturated rings. The van der Waals surface area contributed by atoms with Gasteiger partial charge < -0.3 is 9.84 Å². The Kier molecular flexibility index (Phi) is 3.25. The fraction of sp³-hybridized carbons (Fsp3) is 0.308. The summed E-state index contributed by atoms with van der Waals surface area (Å²) in [5, 5.41) is 17.1. The van der Waals surface area contributed by atoms with Crippen LogP contribution >= 0.6 is 0 Å². The Bertz CT molecular complexity index is 624. The van der Waals surface area contributed by atoms with Crippen LogP contribution < -0.4 is 4.74 Å². The lowest BCUT2D eigenvalue weighted by Crippen LogP contribution is -2.01. The number of aryl methyl sites for hydroxylation is 3. The van der Waals surface area contributed by atoms with Gasteiger partial charge in [-0.3, -0.25) is 0 Å². The van der Waals surface area contributed by atoms with Gasteiger partial charge in [0.2, 0.25) is 0 Å². The van der Waals surface area contributed by atoms with Crippen LogP contribution in [0.3, 0.4) is 0 Å². The van der Waals surface area contributed by atoms with Gasteiger partial charge in [0.1, 0.15) is 11.4 Å². The van der Waals surface area contributed by atoms with Crippen molar-refractivity contribution in [2.45, 2.75) is 13.8 Å². The van der Waals surface area contributed by atoms with E-state index in [1.165, 1.54) is 4.80 Å². The number of aromatic carboxylic acids is 1. The highest BCUT2D eigenvalue weighted by Crippen LogP contribution is 2.30. The highest BCUT2D eigenvalue weighted by molar-refractivity contribution is 5.92. The maximum Gasteiger partial charge on any atom is 0.358 e. The zero-order valence-corrected chi connectivity index (χ0v) is 11.3. The van der Waals surface area contributed by atoms with Crippen molar-refractivity contribution in [3.05, 3.63) is 29.0 Å². The van der Waals surface area contributed by atoms with Gasteiger partial charge >= 0.3 is 5.97 Å². The van der Waals surface area contributed by atoms with Crippen LogP contribution in [0.25, 0.3) is 11.3 Å². The lowest BCUT2D eigenvalue weighted by Gasteiger charge is -2.10. The minimum absolute atomic E-state index is 0.0496. The summed E-state index contributed by atoms with van der Waals surface area (Å²) in [6.45, 7) is 3.82. The molecule has 0 aliphatic rings. The summed E-state index contributed by atoms with van der Waals surface area (Å²) in [6.07, 6.45) is 0. The predicted octanol–water partition coefficient (Wildman–Crippen LogP) is 1.81. The molecule has 0 saturated heterocycles.